The van der Waals surface area contributed by atoms with Gasteiger partial charge in [-0.05, 0) is 38.0 Å². The quantitative estimate of drug-likeness (QED) is 0.913. The van der Waals surface area contributed by atoms with E-state index in [0.29, 0.717) is 11.9 Å². The second-order valence-electron chi connectivity index (χ2n) is 5.45. The molecule has 1 aromatic carbocycles. The lowest BCUT2D eigenvalue weighted by molar-refractivity contribution is 0.0697. The van der Waals surface area contributed by atoms with Crippen molar-refractivity contribution in [3.8, 4) is 0 Å². The van der Waals surface area contributed by atoms with Gasteiger partial charge in [0.15, 0.2) is 9.84 Å². The van der Waals surface area contributed by atoms with Crippen LogP contribution in [0.25, 0.3) is 11.0 Å². The summed E-state index contributed by atoms with van der Waals surface area (Å²) in [6.07, 6.45) is 1.45. The second-order valence-corrected chi connectivity index (χ2v) is 7.68. The molecule has 7 heteroatoms. The maximum atomic E-state index is 11.8. The van der Waals surface area contributed by atoms with Crippen molar-refractivity contribution < 1.29 is 18.3 Å². The molecule has 1 aliphatic heterocycles. The number of hydrogen-bond donors (Lipinski definition) is 1. The van der Waals surface area contributed by atoms with Crippen molar-refractivity contribution in [2.75, 3.05) is 11.5 Å². The minimum Gasteiger partial charge on any atom is -0.478 e. The molecule has 112 valence electrons. The van der Waals surface area contributed by atoms with Gasteiger partial charge >= 0.3 is 5.97 Å². The molecule has 1 saturated heterocycles. The number of aromatic nitrogens is 2. The smallest absolute Gasteiger partial charge is 0.335 e. The molecular weight excluding hydrogens is 292 g/mol. The molecule has 2 heterocycles. The summed E-state index contributed by atoms with van der Waals surface area (Å²) >= 11 is 0. The molecule has 0 amide bonds. The van der Waals surface area contributed by atoms with E-state index in [0.717, 1.165) is 17.8 Å². The van der Waals surface area contributed by atoms with E-state index in [1.54, 1.807) is 6.07 Å². The highest BCUT2D eigenvalue weighted by Gasteiger charge is 2.28. The van der Waals surface area contributed by atoms with Crippen molar-refractivity contribution >= 4 is 26.8 Å². The molecule has 21 heavy (non-hydrogen) atoms. The van der Waals surface area contributed by atoms with Gasteiger partial charge in [-0.2, -0.15) is 0 Å². The van der Waals surface area contributed by atoms with Gasteiger partial charge in [-0.3, -0.25) is 0 Å². The normalized spacial score (nSPS) is 21.5. The molecular formula is C14H16N2O4S. The van der Waals surface area contributed by atoms with Gasteiger partial charge < -0.3 is 9.67 Å². The number of nitrogens with zero attached hydrogens (tertiary/aromatic N) is 2. The molecule has 0 saturated carbocycles. The molecule has 0 aliphatic carbocycles. The Hall–Kier alpha value is -1.89. The molecule has 1 N–H and O–H groups in total. The fourth-order valence-electron chi connectivity index (χ4n) is 3.02. The van der Waals surface area contributed by atoms with Gasteiger partial charge in [0.05, 0.1) is 28.1 Å². The number of benzene rings is 1. The third-order valence-corrected chi connectivity index (χ3v) is 5.72. The lowest BCUT2D eigenvalue weighted by atomic mass is 10.1. The Balaban J connectivity index is 2.10. The minimum atomic E-state index is -3.01. The number of fused-ring (bicyclic) bond motifs is 1. The van der Waals surface area contributed by atoms with Gasteiger partial charge in [-0.25, -0.2) is 18.2 Å². The fourth-order valence-corrected chi connectivity index (χ4v) is 4.69. The Morgan fingerprint density at radius 1 is 1.43 bits per heavy atom. The molecule has 1 aromatic heterocycles. The van der Waals surface area contributed by atoms with Crippen LogP contribution in [-0.2, 0) is 9.84 Å². The average Bonchev–Trinajstić information content (AvgIpc) is 2.72. The standard InChI is InChI=1S/C14H16N2O4S/c1-9-15-12-7-10(14(17)18)4-5-13(12)16(9)11-3-2-6-21(19,20)8-11/h4-5,7,11H,2-3,6,8H2,1H3,(H,17,18). The topological polar surface area (TPSA) is 89.3 Å². The summed E-state index contributed by atoms with van der Waals surface area (Å²) in [6, 6.07) is 4.64. The van der Waals surface area contributed by atoms with Crippen molar-refractivity contribution in [2.24, 2.45) is 0 Å². The summed E-state index contributed by atoms with van der Waals surface area (Å²) in [5.74, 6) is 0.0946. The van der Waals surface area contributed by atoms with E-state index < -0.39 is 15.8 Å². The first-order valence-electron chi connectivity index (χ1n) is 6.80. The van der Waals surface area contributed by atoms with Crippen molar-refractivity contribution in [3.05, 3.63) is 29.6 Å². The van der Waals surface area contributed by atoms with Gasteiger partial charge in [0.1, 0.15) is 5.82 Å². The van der Waals surface area contributed by atoms with Crippen LogP contribution in [0.1, 0.15) is 35.1 Å². The van der Waals surface area contributed by atoms with E-state index in [2.05, 4.69) is 4.98 Å². The Labute approximate surface area is 122 Å². The minimum absolute atomic E-state index is 0.121. The third kappa shape index (κ3) is 2.53. The highest BCUT2D eigenvalue weighted by Crippen LogP contribution is 2.29. The van der Waals surface area contributed by atoms with Gasteiger partial charge in [0.25, 0.3) is 0 Å². The van der Waals surface area contributed by atoms with Crippen molar-refractivity contribution in [2.45, 2.75) is 25.8 Å². The average molecular weight is 308 g/mol. The van der Waals surface area contributed by atoms with E-state index in [9.17, 15) is 13.2 Å². The van der Waals surface area contributed by atoms with E-state index >= 15 is 0 Å². The van der Waals surface area contributed by atoms with Crippen molar-refractivity contribution in [1.82, 2.24) is 9.55 Å². The first kappa shape index (κ1) is 14.1. The number of imidazole rings is 1. The number of carboxylic acids is 1. The van der Waals surface area contributed by atoms with Gasteiger partial charge in [0.2, 0.25) is 0 Å². The summed E-state index contributed by atoms with van der Waals surface area (Å²) in [5, 5.41) is 9.02. The van der Waals surface area contributed by atoms with Crippen LogP contribution in [0.4, 0.5) is 0 Å². The lowest BCUT2D eigenvalue weighted by Crippen LogP contribution is -2.28. The van der Waals surface area contributed by atoms with Crippen LogP contribution >= 0.6 is 0 Å². The summed E-state index contributed by atoms with van der Waals surface area (Å²) in [5.41, 5.74) is 1.57. The summed E-state index contributed by atoms with van der Waals surface area (Å²) < 4.78 is 25.6. The van der Waals surface area contributed by atoms with Gasteiger partial charge in [-0.1, -0.05) is 0 Å². The predicted molar refractivity (Wildman–Crippen MR) is 78.4 cm³/mol. The van der Waals surface area contributed by atoms with Crippen molar-refractivity contribution in [1.29, 1.82) is 0 Å². The van der Waals surface area contributed by atoms with E-state index in [-0.39, 0.29) is 23.1 Å². The van der Waals surface area contributed by atoms with Crippen LogP contribution in [0.5, 0.6) is 0 Å². The summed E-state index contributed by atoms with van der Waals surface area (Å²) in [7, 11) is -3.01. The molecule has 1 fully saturated rings. The van der Waals surface area contributed by atoms with Crippen LogP contribution in [0.2, 0.25) is 0 Å². The van der Waals surface area contributed by atoms with Crippen molar-refractivity contribution in [3.63, 3.8) is 0 Å². The number of carboxylic acid groups (broad SMARTS) is 1. The van der Waals surface area contributed by atoms with Gasteiger partial charge in [0, 0.05) is 6.04 Å². The lowest BCUT2D eigenvalue weighted by Gasteiger charge is -2.25. The molecule has 1 atom stereocenters. The van der Waals surface area contributed by atoms with Crippen LogP contribution in [0.3, 0.4) is 0 Å². The summed E-state index contributed by atoms with van der Waals surface area (Å²) in [6.45, 7) is 1.82. The van der Waals surface area contributed by atoms with Crippen LogP contribution in [0.15, 0.2) is 18.2 Å². The maximum absolute atomic E-state index is 11.8. The zero-order chi connectivity index (χ0) is 15.2. The zero-order valence-electron chi connectivity index (χ0n) is 11.6. The van der Waals surface area contributed by atoms with Crippen LogP contribution in [0, 0.1) is 6.92 Å². The summed E-state index contributed by atoms with van der Waals surface area (Å²) in [4.78, 5) is 15.4. The SMILES string of the molecule is Cc1nc2cc(C(=O)O)ccc2n1C1CCCS(=O)(=O)C1. The monoisotopic (exact) mass is 308 g/mol. The molecule has 1 aliphatic rings. The highest BCUT2D eigenvalue weighted by atomic mass is 32.2. The third-order valence-electron chi connectivity index (χ3n) is 3.92. The number of rotatable bonds is 2. The number of aryl methyl sites for hydroxylation is 1. The molecule has 1 unspecified atom stereocenters. The second kappa shape index (κ2) is 4.84. The highest BCUT2D eigenvalue weighted by molar-refractivity contribution is 7.91. The Bertz CT molecular complexity index is 823. The van der Waals surface area contributed by atoms with Gasteiger partial charge in [-0.15, -0.1) is 0 Å². The Morgan fingerprint density at radius 3 is 2.86 bits per heavy atom. The maximum Gasteiger partial charge on any atom is 0.335 e. The predicted octanol–water partition coefficient (Wildman–Crippen LogP) is 1.79. The Kier molecular flexibility index (Phi) is 3.24. The number of carbonyl (C=O) groups is 1. The van der Waals surface area contributed by atoms with E-state index in [1.807, 2.05) is 11.5 Å². The molecule has 3 rings (SSSR count). The molecule has 0 radical (unpaired) electrons. The first-order valence-corrected chi connectivity index (χ1v) is 8.62. The number of hydrogen-bond acceptors (Lipinski definition) is 4. The number of aromatic carboxylic acids is 1. The molecule has 2 aromatic rings. The van der Waals surface area contributed by atoms with E-state index in [1.165, 1.54) is 12.1 Å². The fraction of sp³-hybridized carbons (Fsp3) is 0.429. The van der Waals surface area contributed by atoms with E-state index in [4.69, 9.17) is 5.11 Å². The molecule has 6 nitrogen and oxygen atoms in total. The number of sulfone groups is 1. The largest absolute Gasteiger partial charge is 0.478 e. The van der Waals surface area contributed by atoms with Crippen LogP contribution in [-0.4, -0.2) is 40.6 Å². The molecule has 0 bridgehead atoms. The van der Waals surface area contributed by atoms with Crippen LogP contribution < -0.4 is 0 Å². The molecule has 0 spiro atoms. The Morgan fingerprint density at radius 2 is 2.19 bits per heavy atom. The first-order chi connectivity index (χ1) is 9.87. The zero-order valence-corrected chi connectivity index (χ0v) is 12.4.